The predicted molar refractivity (Wildman–Crippen MR) is 210 cm³/mol. The molecule has 308 valence electrons. The fraction of sp³-hybridized carbons (Fsp3) is 0.902. The van der Waals surface area contributed by atoms with Crippen molar-refractivity contribution in [2.24, 2.45) is 0 Å². The predicted octanol–water partition coefficient (Wildman–Crippen LogP) is 10.8. The summed E-state index contributed by atoms with van der Waals surface area (Å²) in [5, 5.41) is 18.3. The van der Waals surface area contributed by atoms with Gasteiger partial charge in [0.15, 0.2) is 6.10 Å². The van der Waals surface area contributed by atoms with E-state index in [9.17, 15) is 24.2 Å². The molecule has 52 heavy (non-hydrogen) atoms. The molecule has 0 saturated heterocycles. The third kappa shape index (κ3) is 37.0. The zero-order valence-electron chi connectivity index (χ0n) is 33.3. The van der Waals surface area contributed by atoms with Crippen molar-refractivity contribution in [2.75, 3.05) is 26.4 Å². The van der Waals surface area contributed by atoms with E-state index in [0.717, 1.165) is 51.4 Å². The number of aliphatic hydroxyl groups is 2. The molecule has 0 aliphatic heterocycles. The number of unbranched alkanes of at least 4 members (excludes halogenated alkanes) is 24. The van der Waals surface area contributed by atoms with Crippen LogP contribution in [-0.2, 0) is 32.7 Å². The van der Waals surface area contributed by atoms with Crippen LogP contribution >= 0.6 is 7.82 Å². The summed E-state index contributed by atoms with van der Waals surface area (Å²) in [6, 6.07) is 0. The number of carbonyl (C=O) groups is 2. The molecule has 0 aromatic heterocycles. The average molecular weight is 763 g/mol. The van der Waals surface area contributed by atoms with Crippen molar-refractivity contribution in [1.82, 2.24) is 0 Å². The van der Waals surface area contributed by atoms with Gasteiger partial charge in [-0.25, -0.2) is 4.57 Å². The maximum absolute atomic E-state index is 12.6. The molecule has 0 amide bonds. The Morgan fingerprint density at radius 2 is 0.942 bits per heavy atom. The summed E-state index contributed by atoms with van der Waals surface area (Å²) in [4.78, 5) is 34.9. The molecule has 0 heterocycles. The minimum atomic E-state index is -4.61. The highest BCUT2D eigenvalue weighted by Gasteiger charge is 2.27. The summed E-state index contributed by atoms with van der Waals surface area (Å²) < 4.78 is 32.7. The number of ether oxygens (including phenoxy) is 2. The van der Waals surface area contributed by atoms with Gasteiger partial charge >= 0.3 is 19.8 Å². The van der Waals surface area contributed by atoms with Gasteiger partial charge in [0.2, 0.25) is 0 Å². The highest BCUT2D eigenvalue weighted by Crippen LogP contribution is 2.43. The molecule has 0 saturated carbocycles. The molecule has 3 N–H and O–H groups in total. The smallest absolute Gasteiger partial charge is 0.462 e. The van der Waals surface area contributed by atoms with Crippen LogP contribution in [0.1, 0.15) is 200 Å². The van der Waals surface area contributed by atoms with Crippen LogP contribution in [-0.4, -0.2) is 65.7 Å². The van der Waals surface area contributed by atoms with E-state index in [0.29, 0.717) is 12.8 Å². The number of aliphatic hydroxyl groups excluding tert-OH is 2. The topological polar surface area (TPSA) is 149 Å². The van der Waals surface area contributed by atoms with Crippen molar-refractivity contribution in [3.05, 3.63) is 12.2 Å². The first-order valence-corrected chi connectivity index (χ1v) is 22.6. The highest BCUT2D eigenvalue weighted by atomic mass is 31.2. The summed E-state index contributed by atoms with van der Waals surface area (Å²) in [6.45, 7) is 2.38. The van der Waals surface area contributed by atoms with Crippen molar-refractivity contribution in [3.63, 3.8) is 0 Å². The van der Waals surface area contributed by atoms with Crippen molar-refractivity contribution in [1.29, 1.82) is 0 Å². The number of allylic oxidation sites excluding steroid dienone is 2. The highest BCUT2D eigenvalue weighted by molar-refractivity contribution is 7.47. The van der Waals surface area contributed by atoms with Crippen molar-refractivity contribution < 1.29 is 47.8 Å². The van der Waals surface area contributed by atoms with Gasteiger partial charge < -0.3 is 24.6 Å². The molecular formula is C41H79O10P. The Hall–Kier alpha value is -1.29. The first-order chi connectivity index (χ1) is 25.2. The first kappa shape index (κ1) is 50.7. The van der Waals surface area contributed by atoms with Gasteiger partial charge in [0.05, 0.1) is 19.8 Å². The zero-order valence-corrected chi connectivity index (χ0v) is 34.2. The summed E-state index contributed by atoms with van der Waals surface area (Å²) in [6.07, 6.45) is 34.6. The van der Waals surface area contributed by atoms with Gasteiger partial charge in [0, 0.05) is 12.8 Å². The Bertz CT molecular complexity index is 884. The lowest BCUT2D eigenvalue weighted by Crippen LogP contribution is -2.29. The van der Waals surface area contributed by atoms with Crippen molar-refractivity contribution in [3.8, 4) is 0 Å². The van der Waals surface area contributed by atoms with E-state index in [4.69, 9.17) is 19.1 Å². The molecule has 0 fully saturated rings. The summed E-state index contributed by atoms with van der Waals surface area (Å²) in [5.41, 5.74) is 0. The van der Waals surface area contributed by atoms with Crippen molar-refractivity contribution >= 4 is 19.8 Å². The normalized spacial score (nSPS) is 14.0. The Morgan fingerprint density at radius 3 is 1.38 bits per heavy atom. The fourth-order valence-electron chi connectivity index (χ4n) is 5.87. The monoisotopic (exact) mass is 763 g/mol. The number of rotatable bonds is 40. The molecule has 0 radical (unpaired) electrons. The second-order valence-corrected chi connectivity index (χ2v) is 15.8. The lowest BCUT2D eigenvalue weighted by Gasteiger charge is -2.20. The van der Waals surface area contributed by atoms with Crippen LogP contribution in [0.5, 0.6) is 0 Å². The van der Waals surface area contributed by atoms with Crippen LogP contribution < -0.4 is 0 Å². The third-order valence-corrected chi connectivity index (χ3v) is 10.1. The number of phosphoric acid groups is 1. The Kier molecular flexibility index (Phi) is 37.1. The van der Waals surface area contributed by atoms with E-state index >= 15 is 0 Å². The molecule has 1 unspecified atom stereocenters. The lowest BCUT2D eigenvalue weighted by atomic mass is 10.0. The fourth-order valence-corrected chi connectivity index (χ4v) is 6.66. The van der Waals surface area contributed by atoms with Gasteiger partial charge in [-0.2, -0.15) is 0 Å². The van der Waals surface area contributed by atoms with E-state index in [1.165, 1.54) is 109 Å². The number of hydrogen-bond donors (Lipinski definition) is 3. The van der Waals surface area contributed by atoms with Crippen LogP contribution in [0.4, 0.5) is 0 Å². The van der Waals surface area contributed by atoms with E-state index in [1.807, 2.05) is 0 Å². The molecular weight excluding hydrogens is 683 g/mol. The van der Waals surface area contributed by atoms with E-state index in [2.05, 4.69) is 30.5 Å². The summed E-state index contributed by atoms with van der Waals surface area (Å²) >= 11 is 0. The summed E-state index contributed by atoms with van der Waals surface area (Å²) in [7, 11) is -4.61. The Morgan fingerprint density at radius 1 is 0.558 bits per heavy atom. The zero-order chi connectivity index (χ0) is 38.4. The number of hydrogen-bond acceptors (Lipinski definition) is 9. The van der Waals surface area contributed by atoms with E-state index < -0.39 is 51.8 Å². The standard InChI is InChI=1S/C41H79O10P/c1-3-5-7-9-11-13-15-17-18-19-21-22-24-26-28-30-32-40(44)48-36-39(37-50-52(46,47)49-35-38(43)34-42)51-41(45)33-31-29-27-25-23-20-16-14-12-10-8-6-4-2/h18-19,38-39,42-43H,3-17,20-37H2,1-2H3,(H,46,47)/b19-18-/t38-,39+/m0/s1. The Balaban J connectivity index is 4.29. The number of phosphoric ester groups is 1. The molecule has 3 atom stereocenters. The third-order valence-electron chi connectivity index (χ3n) is 9.17. The summed E-state index contributed by atoms with van der Waals surface area (Å²) in [5.74, 6) is -0.926. The quantitative estimate of drug-likeness (QED) is 0.0238. The minimum absolute atomic E-state index is 0.188. The maximum atomic E-state index is 12.6. The van der Waals surface area contributed by atoms with Crippen molar-refractivity contribution in [2.45, 2.75) is 212 Å². The van der Waals surface area contributed by atoms with Crippen LogP contribution in [0.15, 0.2) is 12.2 Å². The molecule has 0 aromatic rings. The van der Waals surface area contributed by atoms with Gasteiger partial charge in [-0.1, -0.05) is 161 Å². The van der Waals surface area contributed by atoms with Gasteiger partial charge in [-0.15, -0.1) is 0 Å². The van der Waals surface area contributed by atoms with E-state index in [-0.39, 0.29) is 19.4 Å². The van der Waals surface area contributed by atoms with Gasteiger partial charge in [-0.05, 0) is 38.5 Å². The minimum Gasteiger partial charge on any atom is -0.462 e. The first-order valence-electron chi connectivity index (χ1n) is 21.1. The van der Waals surface area contributed by atoms with Gasteiger partial charge in [0.1, 0.15) is 12.7 Å². The molecule has 0 spiro atoms. The second kappa shape index (κ2) is 38.0. The number of carbonyl (C=O) groups excluding carboxylic acids is 2. The molecule has 10 nitrogen and oxygen atoms in total. The van der Waals surface area contributed by atoms with Crippen LogP contribution in [0.25, 0.3) is 0 Å². The van der Waals surface area contributed by atoms with Crippen LogP contribution in [0, 0.1) is 0 Å². The molecule has 0 bridgehead atoms. The molecule has 0 aromatic carbocycles. The molecule has 11 heteroatoms. The molecule has 0 rings (SSSR count). The molecule has 0 aliphatic rings. The SMILES string of the molecule is CCCCCCCCC/C=C\CCCCCCCC(=O)OC[C@H](COP(=O)(O)OC[C@@H](O)CO)OC(=O)CCCCCCCCCCCCCCC. The average Bonchev–Trinajstić information content (AvgIpc) is 3.13. The van der Waals surface area contributed by atoms with Gasteiger partial charge in [-0.3, -0.25) is 18.6 Å². The molecule has 0 aliphatic carbocycles. The number of esters is 2. The largest absolute Gasteiger partial charge is 0.472 e. The van der Waals surface area contributed by atoms with E-state index in [1.54, 1.807) is 0 Å². The van der Waals surface area contributed by atoms with Crippen LogP contribution in [0.2, 0.25) is 0 Å². The second-order valence-electron chi connectivity index (χ2n) is 14.4. The Labute approximate surface area is 317 Å². The van der Waals surface area contributed by atoms with Gasteiger partial charge in [0.25, 0.3) is 0 Å². The van der Waals surface area contributed by atoms with Crippen LogP contribution in [0.3, 0.4) is 0 Å². The maximum Gasteiger partial charge on any atom is 0.472 e. The lowest BCUT2D eigenvalue weighted by molar-refractivity contribution is -0.161.